The molecular formula is C38H44N2O4. The van der Waals surface area contributed by atoms with Gasteiger partial charge in [-0.1, -0.05) is 67.8 Å². The van der Waals surface area contributed by atoms with E-state index in [0.717, 1.165) is 92.9 Å². The molecule has 230 valence electrons. The summed E-state index contributed by atoms with van der Waals surface area (Å²) in [6, 6.07) is 9.59. The summed E-state index contributed by atoms with van der Waals surface area (Å²) in [6.07, 6.45) is 21.4. The molecule has 0 spiro atoms. The largest absolute Gasteiger partial charge is 0.494 e. The first-order valence-electron chi connectivity index (χ1n) is 17.3. The number of hydrogen-bond acceptors (Lipinski definition) is 4. The summed E-state index contributed by atoms with van der Waals surface area (Å²) in [5.74, 6) is 3.14. The normalized spacial score (nSPS) is 33.5. The quantitative estimate of drug-likeness (QED) is 0.228. The van der Waals surface area contributed by atoms with E-state index in [1.54, 1.807) is 0 Å². The summed E-state index contributed by atoms with van der Waals surface area (Å²) in [4.78, 5) is 0. The summed E-state index contributed by atoms with van der Waals surface area (Å²) in [6.45, 7) is 0. The topological polar surface area (TPSA) is 90.8 Å². The lowest BCUT2D eigenvalue weighted by Gasteiger charge is -2.32. The molecule has 6 nitrogen and oxygen atoms in total. The molecule has 4 N–H and O–H groups in total. The van der Waals surface area contributed by atoms with Crippen LogP contribution in [0.5, 0.6) is 23.5 Å². The number of aromatic nitrogens is 2. The molecule has 6 heteroatoms. The Morgan fingerprint density at radius 1 is 0.432 bits per heavy atom. The van der Waals surface area contributed by atoms with Crippen LogP contribution < -0.4 is 0 Å². The number of allylic oxidation sites excluding steroid dienone is 4. The first-order chi connectivity index (χ1) is 21.5. The van der Waals surface area contributed by atoms with Crippen LogP contribution in [0.3, 0.4) is 0 Å². The van der Waals surface area contributed by atoms with E-state index < -0.39 is 0 Å². The zero-order valence-corrected chi connectivity index (χ0v) is 25.4. The SMILES string of the molecule is Oc1c2c(c(O)n1C1CCCCC(c3ccc(C4CCCC(n5c(O)c6c(c5O)C5C=CC6C5)C4)cc3)CC1)C1C=CC2C1. The van der Waals surface area contributed by atoms with Gasteiger partial charge in [0.1, 0.15) is 0 Å². The van der Waals surface area contributed by atoms with Crippen LogP contribution in [0.2, 0.25) is 0 Å². The number of benzene rings is 1. The predicted molar refractivity (Wildman–Crippen MR) is 170 cm³/mol. The van der Waals surface area contributed by atoms with Gasteiger partial charge in [-0.2, -0.15) is 0 Å². The lowest BCUT2D eigenvalue weighted by Crippen LogP contribution is -2.18. The molecule has 4 bridgehead atoms. The molecule has 0 amide bonds. The highest BCUT2D eigenvalue weighted by Gasteiger charge is 2.44. The molecule has 3 aromatic rings. The first-order valence-corrected chi connectivity index (χ1v) is 17.3. The Kier molecular flexibility index (Phi) is 6.09. The minimum atomic E-state index is 0.120. The highest BCUT2D eigenvalue weighted by molar-refractivity contribution is 5.60. The molecule has 6 aliphatic rings. The number of fused-ring (bicyclic) bond motifs is 10. The molecule has 8 unspecified atom stereocenters. The summed E-state index contributed by atoms with van der Waals surface area (Å²) in [5.41, 5.74) is 6.65. The molecule has 0 aliphatic heterocycles. The summed E-state index contributed by atoms with van der Waals surface area (Å²) >= 11 is 0. The van der Waals surface area contributed by atoms with Gasteiger partial charge in [0.05, 0.1) is 0 Å². The predicted octanol–water partition coefficient (Wildman–Crippen LogP) is 8.97. The van der Waals surface area contributed by atoms with Crippen LogP contribution in [0.4, 0.5) is 0 Å². The van der Waals surface area contributed by atoms with Gasteiger partial charge in [-0.3, -0.25) is 9.13 Å². The van der Waals surface area contributed by atoms with E-state index in [0.29, 0.717) is 35.4 Å². The average molecular weight is 593 g/mol. The van der Waals surface area contributed by atoms with Crippen LogP contribution in [0.25, 0.3) is 0 Å². The Morgan fingerprint density at radius 3 is 1.41 bits per heavy atom. The summed E-state index contributed by atoms with van der Waals surface area (Å²) in [5, 5.41) is 44.8. The monoisotopic (exact) mass is 592 g/mol. The molecule has 1 aromatic carbocycles. The average Bonchev–Trinajstić information content (AvgIpc) is 3.87. The molecule has 44 heavy (non-hydrogen) atoms. The van der Waals surface area contributed by atoms with Crippen molar-refractivity contribution in [3.05, 3.63) is 82.0 Å². The van der Waals surface area contributed by atoms with Crippen molar-refractivity contribution in [2.75, 3.05) is 0 Å². The van der Waals surface area contributed by atoms with Crippen LogP contribution in [0.15, 0.2) is 48.6 Å². The van der Waals surface area contributed by atoms with Gasteiger partial charge >= 0.3 is 0 Å². The van der Waals surface area contributed by atoms with Crippen molar-refractivity contribution >= 4 is 0 Å². The summed E-state index contributed by atoms with van der Waals surface area (Å²) in [7, 11) is 0. The molecule has 0 saturated heterocycles. The Bertz CT molecular complexity index is 1600. The Morgan fingerprint density at radius 2 is 0.864 bits per heavy atom. The van der Waals surface area contributed by atoms with Crippen LogP contribution >= 0.6 is 0 Å². The zero-order valence-electron chi connectivity index (χ0n) is 25.4. The van der Waals surface area contributed by atoms with E-state index in [2.05, 4.69) is 48.6 Å². The minimum Gasteiger partial charge on any atom is -0.494 e. The third-order valence-corrected chi connectivity index (χ3v) is 12.6. The van der Waals surface area contributed by atoms with Crippen molar-refractivity contribution < 1.29 is 20.4 Å². The molecule has 2 aromatic heterocycles. The van der Waals surface area contributed by atoms with Crippen molar-refractivity contribution in [2.24, 2.45) is 0 Å². The highest BCUT2D eigenvalue weighted by Crippen LogP contribution is 2.59. The van der Waals surface area contributed by atoms with E-state index in [4.69, 9.17) is 0 Å². The fourth-order valence-corrected chi connectivity index (χ4v) is 10.4. The third kappa shape index (κ3) is 3.85. The Labute approximate surface area is 259 Å². The van der Waals surface area contributed by atoms with Crippen LogP contribution in [-0.4, -0.2) is 29.6 Å². The lowest BCUT2D eigenvalue weighted by atomic mass is 9.79. The maximum atomic E-state index is 11.2. The molecule has 6 aliphatic carbocycles. The van der Waals surface area contributed by atoms with Crippen molar-refractivity contribution in [3.8, 4) is 23.5 Å². The van der Waals surface area contributed by atoms with Gasteiger partial charge in [-0.15, -0.1) is 0 Å². The standard InChI is InChI=1S/C38H44N2O4/c41-35-31-25-12-13-26(18-25)32(31)36(42)39(35)29-6-2-1-4-21(16-17-29)22-8-10-23(11-9-22)24-5-3-7-30(20-24)40-37(43)33-27-14-15-28(19-27)34(33)38(40)44/h8-15,21,24-30,41-44H,1-7,16-20H2. The van der Waals surface area contributed by atoms with Crippen LogP contribution in [0, 0.1) is 0 Å². The van der Waals surface area contributed by atoms with Gasteiger partial charge in [-0.05, 0) is 80.8 Å². The van der Waals surface area contributed by atoms with E-state index in [9.17, 15) is 20.4 Å². The molecule has 2 fully saturated rings. The van der Waals surface area contributed by atoms with Crippen LogP contribution in [0.1, 0.15) is 158 Å². The fourth-order valence-electron chi connectivity index (χ4n) is 10.4. The van der Waals surface area contributed by atoms with Crippen molar-refractivity contribution in [2.45, 2.75) is 125 Å². The van der Waals surface area contributed by atoms with Gasteiger partial charge in [0.15, 0.2) is 23.5 Å². The zero-order chi connectivity index (χ0) is 29.7. The molecule has 8 atom stereocenters. The Balaban J connectivity index is 0.901. The lowest BCUT2D eigenvalue weighted by molar-refractivity contribution is 0.262. The first kappa shape index (κ1) is 26.8. The molecule has 2 saturated carbocycles. The summed E-state index contributed by atoms with van der Waals surface area (Å²) < 4.78 is 3.73. The maximum Gasteiger partial charge on any atom is 0.198 e. The van der Waals surface area contributed by atoms with Gasteiger partial charge < -0.3 is 20.4 Å². The van der Waals surface area contributed by atoms with E-state index in [1.165, 1.54) is 17.5 Å². The van der Waals surface area contributed by atoms with Gasteiger partial charge in [0.25, 0.3) is 0 Å². The smallest absolute Gasteiger partial charge is 0.198 e. The van der Waals surface area contributed by atoms with Crippen molar-refractivity contribution in [3.63, 3.8) is 0 Å². The second kappa shape index (κ2) is 9.98. The molecular weight excluding hydrogens is 548 g/mol. The van der Waals surface area contributed by atoms with Gasteiger partial charge in [0, 0.05) is 58.0 Å². The molecule has 9 rings (SSSR count). The van der Waals surface area contributed by atoms with Gasteiger partial charge in [0.2, 0.25) is 0 Å². The highest BCUT2D eigenvalue weighted by atomic mass is 16.3. The van der Waals surface area contributed by atoms with E-state index in [1.807, 2.05) is 9.13 Å². The van der Waals surface area contributed by atoms with Crippen molar-refractivity contribution in [1.82, 2.24) is 9.13 Å². The van der Waals surface area contributed by atoms with Crippen LogP contribution in [-0.2, 0) is 0 Å². The third-order valence-electron chi connectivity index (χ3n) is 12.6. The fraction of sp³-hybridized carbons (Fsp3) is 0.526. The number of rotatable bonds is 4. The maximum absolute atomic E-state index is 11.2. The number of hydrogen-bond donors (Lipinski definition) is 4. The van der Waals surface area contributed by atoms with Gasteiger partial charge in [-0.25, -0.2) is 0 Å². The van der Waals surface area contributed by atoms with E-state index >= 15 is 0 Å². The second-order valence-electron chi connectivity index (χ2n) is 14.8. The van der Waals surface area contributed by atoms with Crippen molar-refractivity contribution in [1.29, 1.82) is 0 Å². The Hall–Kier alpha value is -3.54. The number of nitrogens with zero attached hydrogens (tertiary/aromatic N) is 2. The number of aromatic hydroxyl groups is 4. The van der Waals surface area contributed by atoms with E-state index in [-0.39, 0.29) is 35.8 Å². The molecule has 0 radical (unpaired) electrons. The molecule has 2 heterocycles. The second-order valence-corrected chi connectivity index (χ2v) is 14.8. The minimum absolute atomic E-state index is 0.120.